The third-order valence-electron chi connectivity index (χ3n) is 5.51. The molecule has 174 valence electrons. The van der Waals surface area contributed by atoms with Gasteiger partial charge in [-0.2, -0.15) is 13.8 Å². The number of nitrogens with zero attached hydrogens (tertiary/aromatic N) is 4. The van der Waals surface area contributed by atoms with Gasteiger partial charge >= 0.3 is 0 Å². The number of benzene rings is 2. The smallest absolute Gasteiger partial charge is 0.251 e. The molecule has 5 rings (SSSR count). The predicted molar refractivity (Wildman–Crippen MR) is 125 cm³/mol. The Morgan fingerprint density at radius 1 is 1.03 bits per heavy atom. The molecule has 7 nitrogen and oxygen atoms in total. The minimum Gasteiger partial charge on any atom is -0.456 e. The van der Waals surface area contributed by atoms with Crippen molar-refractivity contribution in [3.8, 4) is 17.2 Å². The molecule has 0 aliphatic carbocycles. The highest BCUT2D eigenvalue weighted by molar-refractivity contribution is 5.96. The summed E-state index contributed by atoms with van der Waals surface area (Å²) in [7, 11) is 0. The van der Waals surface area contributed by atoms with E-state index in [1.807, 2.05) is 29.0 Å². The van der Waals surface area contributed by atoms with Crippen LogP contribution < -0.4 is 10.1 Å². The molecule has 0 aliphatic rings. The van der Waals surface area contributed by atoms with Crippen molar-refractivity contribution >= 4 is 16.8 Å². The van der Waals surface area contributed by atoms with E-state index in [1.54, 1.807) is 49.9 Å². The van der Waals surface area contributed by atoms with Crippen LogP contribution in [0.2, 0.25) is 0 Å². The van der Waals surface area contributed by atoms with Gasteiger partial charge in [-0.3, -0.25) is 9.78 Å². The fourth-order valence-corrected chi connectivity index (χ4v) is 3.76. The van der Waals surface area contributed by atoms with Crippen molar-refractivity contribution in [2.75, 3.05) is 0 Å². The number of fused-ring (bicyclic) bond motifs is 1. The van der Waals surface area contributed by atoms with Gasteiger partial charge in [0, 0.05) is 47.3 Å². The number of imidazole rings is 1. The van der Waals surface area contributed by atoms with Gasteiger partial charge < -0.3 is 14.6 Å². The summed E-state index contributed by atoms with van der Waals surface area (Å²) in [5.41, 5.74) is 2.95. The molecule has 1 N–H and O–H groups in total. The first-order valence-corrected chi connectivity index (χ1v) is 10.7. The van der Waals surface area contributed by atoms with Crippen molar-refractivity contribution in [2.45, 2.75) is 13.5 Å². The maximum atomic E-state index is 13.3. The number of hydrogen-bond donors (Lipinski definition) is 1. The minimum absolute atomic E-state index is 0.0477. The van der Waals surface area contributed by atoms with Crippen LogP contribution in [0.4, 0.5) is 8.78 Å². The molecule has 2 aromatic carbocycles. The third kappa shape index (κ3) is 4.70. The molecule has 9 heteroatoms. The number of carbonyl (C=O) groups is 1. The van der Waals surface area contributed by atoms with E-state index in [-0.39, 0.29) is 12.1 Å². The Bertz CT molecular complexity index is 1520. The van der Waals surface area contributed by atoms with E-state index in [0.717, 1.165) is 28.7 Å². The number of nitrogens with one attached hydrogen (secondary N) is 1. The Kier molecular flexibility index (Phi) is 5.88. The Balaban J connectivity index is 1.38. The number of hydrogen-bond acceptors (Lipinski definition) is 5. The summed E-state index contributed by atoms with van der Waals surface area (Å²) >= 11 is 0. The maximum absolute atomic E-state index is 13.3. The van der Waals surface area contributed by atoms with Crippen molar-refractivity contribution < 1.29 is 18.3 Å². The Morgan fingerprint density at radius 3 is 2.63 bits per heavy atom. The second-order valence-corrected chi connectivity index (χ2v) is 7.81. The maximum Gasteiger partial charge on any atom is 0.251 e. The largest absolute Gasteiger partial charge is 0.456 e. The number of amides is 1. The van der Waals surface area contributed by atoms with Crippen LogP contribution in [0.5, 0.6) is 11.5 Å². The predicted octanol–water partition coefficient (Wildman–Crippen LogP) is 5.12. The standard InChI is InChI=1S/C26H19F2N5O2/c1-16-19(26(34)31-14-17-11-24(27)32-25(28)12-17)3-2-4-22(16)35-23-7-8-30-21-13-18(5-6-20(21)23)33-10-9-29-15-33/h2-13,15H,14H2,1H3,(H,31,34). The fourth-order valence-electron chi connectivity index (χ4n) is 3.76. The number of halogens is 2. The summed E-state index contributed by atoms with van der Waals surface area (Å²) in [5.74, 6) is -1.18. The van der Waals surface area contributed by atoms with Gasteiger partial charge in [0.15, 0.2) is 0 Å². The first-order valence-electron chi connectivity index (χ1n) is 10.7. The molecule has 0 atom stereocenters. The molecule has 0 saturated carbocycles. The molecular formula is C26H19F2N5O2. The number of carbonyl (C=O) groups excluding carboxylic acids is 1. The van der Waals surface area contributed by atoms with Gasteiger partial charge in [-0.15, -0.1) is 0 Å². The van der Waals surface area contributed by atoms with Gasteiger partial charge in [0.05, 0.1) is 11.8 Å². The van der Waals surface area contributed by atoms with E-state index in [9.17, 15) is 13.6 Å². The van der Waals surface area contributed by atoms with Crippen LogP contribution in [-0.4, -0.2) is 25.4 Å². The highest BCUT2D eigenvalue weighted by Gasteiger charge is 2.15. The van der Waals surface area contributed by atoms with Crippen molar-refractivity contribution in [3.05, 3.63) is 108 Å². The van der Waals surface area contributed by atoms with E-state index in [4.69, 9.17) is 4.74 Å². The van der Waals surface area contributed by atoms with Gasteiger partial charge in [-0.25, -0.2) is 4.98 Å². The van der Waals surface area contributed by atoms with Crippen LogP contribution >= 0.6 is 0 Å². The monoisotopic (exact) mass is 471 g/mol. The highest BCUT2D eigenvalue weighted by atomic mass is 19.1. The first-order chi connectivity index (χ1) is 17.0. The number of aromatic nitrogens is 4. The van der Waals surface area contributed by atoms with E-state index in [2.05, 4.69) is 20.3 Å². The van der Waals surface area contributed by atoms with E-state index >= 15 is 0 Å². The lowest BCUT2D eigenvalue weighted by molar-refractivity contribution is 0.0949. The summed E-state index contributed by atoms with van der Waals surface area (Å²) in [5, 5.41) is 3.49. The topological polar surface area (TPSA) is 81.9 Å². The molecule has 0 fully saturated rings. The second-order valence-electron chi connectivity index (χ2n) is 7.81. The molecule has 0 spiro atoms. The van der Waals surface area contributed by atoms with Gasteiger partial charge in [0.25, 0.3) is 5.91 Å². The molecule has 5 aromatic rings. The molecule has 0 aliphatic heterocycles. The molecule has 3 aromatic heterocycles. The van der Waals surface area contributed by atoms with E-state index in [0.29, 0.717) is 22.6 Å². The van der Waals surface area contributed by atoms with Crippen LogP contribution in [-0.2, 0) is 6.54 Å². The zero-order valence-corrected chi connectivity index (χ0v) is 18.6. The first kappa shape index (κ1) is 22.1. The average molecular weight is 471 g/mol. The number of ether oxygens (including phenoxy) is 1. The quantitative estimate of drug-likeness (QED) is 0.348. The van der Waals surface area contributed by atoms with Gasteiger partial charge in [0.2, 0.25) is 11.9 Å². The molecule has 0 saturated heterocycles. The molecule has 35 heavy (non-hydrogen) atoms. The molecular weight excluding hydrogens is 452 g/mol. The van der Waals surface area contributed by atoms with Crippen LogP contribution in [0.15, 0.2) is 79.5 Å². The Morgan fingerprint density at radius 2 is 1.86 bits per heavy atom. The average Bonchev–Trinajstić information content (AvgIpc) is 3.38. The summed E-state index contributed by atoms with van der Waals surface area (Å²) in [4.78, 5) is 24.4. The minimum atomic E-state index is -0.942. The summed E-state index contributed by atoms with van der Waals surface area (Å²) in [6.07, 6.45) is 6.93. The zero-order chi connectivity index (χ0) is 24.4. The molecule has 3 heterocycles. The fraction of sp³-hybridized carbons (Fsp3) is 0.0769. The number of pyridine rings is 2. The zero-order valence-electron chi connectivity index (χ0n) is 18.6. The lowest BCUT2D eigenvalue weighted by atomic mass is 10.1. The van der Waals surface area contributed by atoms with Gasteiger partial charge in [-0.05, 0) is 61.0 Å². The van der Waals surface area contributed by atoms with Crippen LogP contribution in [0.25, 0.3) is 16.6 Å². The third-order valence-corrected chi connectivity index (χ3v) is 5.51. The summed E-state index contributed by atoms with van der Waals surface area (Å²) in [6.45, 7) is 1.73. The number of rotatable bonds is 6. The van der Waals surface area contributed by atoms with Crippen LogP contribution in [0.1, 0.15) is 21.5 Å². The molecule has 0 bridgehead atoms. The lowest BCUT2D eigenvalue weighted by Gasteiger charge is -2.14. The van der Waals surface area contributed by atoms with Crippen molar-refractivity contribution in [1.82, 2.24) is 24.8 Å². The molecule has 0 radical (unpaired) electrons. The van der Waals surface area contributed by atoms with Crippen molar-refractivity contribution in [3.63, 3.8) is 0 Å². The Hall–Kier alpha value is -4.66. The Labute approximate surface area is 199 Å². The van der Waals surface area contributed by atoms with Crippen molar-refractivity contribution in [1.29, 1.82) is 0 Å². The SMILES string of the molecule is Cc1c(Oc2ccnc3cc(-n4ccnc4)ccc23)cccc1C(=O)NCc1cc(F)nc(F)c1. The van der Waals surface area contributed by atoms with Crippen molar-refractivity contribution in [2.24, 2.45) is 0 Å². The molecule has 0 unspecified atom stereocenters. The highest BCUT2D eigenvalue weighted by Crippen LogP contribution is 2.32. The van der Waals surface area contributed by atoms with Gasteiger partial charge in [0.1, 0.15) is 11.5 Å². The summed E-state index contributed by atoms with van der Waals surface area (Å²) in [6, 6.07) is 14.9. The normalized spacial score (nSPS) is 10.9. The van der Waals surface area contributed by atoms with Gasteiger partial charge in [-0.1, -0.05) is 6.07 Å². The molecule has 1 amide bonds. The summed E-state index contributed by atoms with van der Waals surface area (Å²) < 4.78 is 34.7. The van der Waals surface area contributed by atoms with E-state index < -0.39 is 17.8 Å². The van der Waals surface area contributed by atoms with E-state index in [1.165, 1.54) is 0 Å². The van der Waals surface area contributed by atoms with Crippen LogP contribution in [0, 0.1) is 18.8 Å². The van der Waals surface area contributed by atoms with Crippen LogP contribution in [0.3, 0.4) is 0 Å². The lowest BCUT2D eigenvalue weighted by Crippen LogP contribution is -2.24. The second kappa shape index (κ2) is 9.30.